The SMILES string of the molecule is CN(C(=O)OCN(C(=O)CC(C)(C)C)c1nc2c(F)cc(C#N)c(F)c2[nH]1)c1ncccc1COP(=O)(O)O. The van der Waals surface area contributed by atoms with Crippen LogP contribution in [0.4, 0.5) is 25.3 Å². The van der Waals surface area contributed by atoms with E-state index in [0.717, 1.165) is 9.80 Å². The fraction of sp³-hybridized carbons (Fsp3) is 0.348. The van der Waals surface area contributed by atoms with E-state index in [0.29, 0.717) is 6.07 Å². The Hall–Kier alpha value is -3.96. The molecule has 2 amide bonds. The Morgan fingerprint density at radius 3 is 2.59 bits per heavy atom. The van der Waals surface area contributed by atoms with Crippen LogP contribution in [0.15, 0.2) is 24.4 Å². The second-order valence-corrected chi connectivity index (χ2v) is 10.8. The third kappa shape index (κ3) is 7.33. The number of imidazole rings is 1. The first-order valence-electron chi connectivity index (χ1n) is 11.2. The highest BCUT2D eigenvalue weighted by atomic mass is 31.2. The van der Waals surface area contributed by atoms with Gasteiger partial charge in [0.25, 0.3) is 0 Å². The molecule has 3 rings (SSSR count). The third-order valence-corrected chi connectivity index (χ3v) is 5.63. The van der Waals surface area contributed by atoms with Gasteiger partial charge >= 0.3 is 13.9 Å². The first-order valence-corrected chi connectivity index (χ1v) is 12.8. The Morgan fingerprint density at radius 2 is 1.97 bits per heavy atom. The Balaban J connectivity index is 1.89. The maximum Gasteiger partial charge on any atom is 0.469 e. The van der Waals surface area contributed by atoms with Crippen LogP contribution in [0.5, 0.6) is 0 Å². The van der Waals surface area contributed by atoms with Crippen molar-refractivity contribution < 1.29 is 42.0 Å². The Kier molecular flexibility index (Phi) is 8.67. The van der Waals surface area contributed by atoms with Crippen molar-refractivity contribution in [3.8, 4) is 6.07 Å². The molecule has 208 valence electrons. The number of benzene rings is 1. The van der Waals surface area contributed by atoms with E-state index in [4.69, 9.17) is 19.8 Å². The molecule has 3 N–H and O–H groups in total. The van der Waals surface area contributed by atoms with Crippen LogP contribution in [0.1, 0.15) is 38.3 Å². The zero-order chi connectivity index (χ0) is 29.1. The van der Waals surface area contributed by atoms with Crippen molar-refractivity contribution in [2.75, 3.05) is 23.6 Å². The number of phosphoric ester groups is 1. The van der Waals surface area contributed by atoms with Crippen LogP contribution >= 0.6 is 7.82 Å². The van der Waals surface area contributed by atoms with Crippen LogP contribution in [0, 0.1) is 28.4 Å². The second-order valence-electron chi connectivity index (χ2n) is 9.52. The van der Waals surface area contributed by atoms with Crippen molar-refractivity contribution in [1.29, 1.82) is 5.26 Å². The summed E-state index contributed by atoms with van der Waals surface area (Å²) in [5.74, 6) is -3.01. The standard InChI is InChI=1S/C23H25F2N6O7P/c1-23(2,3)9-16(32)31(21-28-18-15(24)8-14(10-26)17(25)19(18)29-21)12-37-22(33)30(4)20-13(6-5-7-27-20)11-38-39(34,35)36/h5-8H,9,11-12H2,1-4H3,(H,28,29)(H2,34,35,36). The van der Waals surface area contributed by atoms with Gasteiger partial charge in [-0.15, -0.1) is 0 Å². The molecule has 0 saturated carbocycles. The molecule has 16 heteroatoms. The average Bonchev–Trinajstić information content (AvgIpc) is 3.29. The number of fused-ring (bicyclic) bond motifs is 1. The molecule has 1 aromatic carbocycles. The summed E-state index contributed by atoms with van der Waals surface area (Å²) >= 11 is 0. The summed E-state index contributed by atoms with van der Waals surface area (Å²) in [7, 11) is -3.54. The molecular weight excluding hydrogens is 541 g/mol. The number of H-pyrrole nitrogens is 1. The van der Waals surface area contributed by atoms with Crippen molar-refractivity contribution in [3.63, 3.8) is 0 Å². The van der Waals surface area contributed by atoms with E-state index in [9.17, 15) is 22.9 Å². The number of nitriles is 1. The number of rotatable bonds is 8. The maximum atomic E-state index is 14.7. The minimum Gasteiger partial charge on any atom is -0.427 e. The van der Waals surface area contributed by atoms with E-state index >= 15 is 0 Å². The molecule has 0 fully saturated rings. The molecule has 0 saturated heterocycles. The third-order valence-electron chi connectivity index (χ3n) is 5.17. The fourth-order valence-electron chi connectivity index (χ4n) is 3.40. The van der Waals surface area contributed by atoms with Crippen LogP contribution < -0.4 is 9.80 Å². The molecule has 2 aromatic heterocycles. The molecular formula is C23H25F2N6O7P. The first-order chi connectivity index (χ1) is 18.1. The number of pyridine rings is 1. The van der Waals surface area contributed by atoms with E-state index in [1.165, 1.54) is 31.4 Å². The summed E-state index contributed by atoms with van der Waals surface area (Å²) in [6, 6.07) is 5.10. The normalized spacial score (nSPS) is 11.8. The summed E-state index contributed by atoms with van der Waals surface area (Å²) < 4.78 is 50.0. The first kappa shape index (κ1) is 29.6. The van der Waals surface area contributed by atoms with E-state index in [-0.39, 0.29) is 23.8 Å². The number of amides is 2. The molecule has 0 aliphatic rings. The summed E-state index contributed by atoms with van der Waals surface area (Å²) in [5.41, 5.74) is -1.83. The highest BCUT2D eigenvalue weighted by molar-refractivity contribution is 7.46. The van der Waals surface area contributed by atoms with Crippen molar-refractivity contribution in [2.45, 2.75) is 33.8 Å². The molecule has 39 heavy (non-hydrogen) atoms. The van der Waals surface area contributed by atoms with Crippen molar-refractivity contribution >= 4 is 42.6 Å². The highest BCUT2D eigenvalue weighted by Crippen LogP contribution is 2.37. The molecule has 0 radical (unpaired) electrons. The molecule has 0 aliphatic carbocycles. The lowest BCUT2D eigenvalue weighted by Gasteiger charge is -2.25. The molecule has 0 bridgehead atoms. The minimum atomic E-state index is -4.81. The van der Waals surface area contributed by atoms with Crippen LogP contribution in [0.2, 0.25) is 0 Å². The molecule has 0 unspecified atom stereocenters. The number of aromatic nitrogens is 3. The van der Waals surface area contributed by atoms with Gasteiger partial charge in [-0.25, -0.2) is 33.0 Å². The van der Waals surface area contributed by atoms with Gasteiger partial charge in [-0.05, 0) is 17.5 Å². The smallest absolute Gasteiger partial charge is 0.427 e. The molecule has 0 spiro atoms. The number of nitrogens with zero attached hydrogens (tertiary/aromatic N) is 5. The summed E-state index contributed by atoms with van der Waals surface area (Å²) in [4.78, 5) is 56.2. The summed E-state index contributed by atoms with van der Waals surface area (Å²) in [6.07, 6.45) is 0.238. The fourth-order valence-corrected chi connectivity index (χ4v) is 3.70. The molecule has 0 aliphatic heterocycles. The Morgan fingerprint density at radius 1 is 1.28 bits per heavy atom. The van der Waals surface area contributed by atoms with Gasteiger partial charge < -0.3 is 19.5 Å². The lowest BCUT2D eigenvalue weighted by atomic mass is 9.92. The van der Waals surface area contributed by atoms with E-state index in [2.05, 4.69) is 19.5 Å². The number of hydrogen-bond donors (Lipinski definition) is 3. The van der Waals surface area contributed by atoms with Gasteiger partial charge in [0, 0.05) is 25.2 Å². The monoisotopic (exact) mass is 566 g/mol. The predicted octanol–water partition coefficient (Wildman–Crippen LogP) is 3.72. The Bertz CT molecular complexity index is 1490. The number of nitrogens with one attached hydrogen (secondary N) is 1. The van der Waals surface area contributed by atoms with Crippen LogP contribution in [0.3, 0.4) is 0 Å². The van der Waals surface area contributed by atoms with Gasteiger partial charge in [-0.3, -0.25) is 14.2 Å². The second kappa shape index (κ2) is 11.4. The number of hydrogen-bond acceptors (Lipinski definition) is 8. The van der Waals surface area contributed by atoms with Gasteiger partial charge in [-0.2, -0.15) is 5.26 Å². The molecule has 3 aromatic rings. The van der Waals surface area contributed by atoms with Crippen molar-refractivity contribution in [1.82, 2.24) is 15.0 Å². The molecule has 13 nitrogen and oxygen atoms in total. The zero-order valence-electron chi connectivity index (χ0n) is 21.3. The van der Waals surface area contributed by atoms with Gasteiger partial charge in [-0.1, -0.05) is 26.8 Å². The van der Waals surface area contributed by atoms with Crippen LogP contribution in [0.25, 0.3) is 11.0 Å². The number of anilines is 2. The van der Waals surface area contributed by atoms with E-state index in [1.807, 2.05) is 0 Å². The van der Waals surface area contributed by atoms with E-state index in [1.54, 1.807) is 20.8 Å². The summed E-state index contributed by atoms with van der Waals surface area (Å²) in [5, 5.41) is 9.05. The van der Waals surface area contributed by atoms with Gasteiger partial charge in [0.1, 0.15) is 22.9 Å². The average molecular weight is 566 g/mol. The molecule has 0 atom stereocenters. The van der Waals surface area contributed by atoms with Gasteiger partial charge in [0.2, 0.25) is 11.9 Å². The number of phosphoric acid groups is 1. The summed E-state index contributed by atoms with van der Waals surface area (Å²) in [6.45, 7) is 4.04. The Labute approximate surface area is 221 Å². The topological polar surface area (TPSA) is 182 Å². The number of ether oxygens (including phenoxy) is 1. The predicted molar refractivity (Wildman–Crippen MR) is 133 cm³/mol. The number of carbonyl (C=O) groups excluding carboxylic acids is 2. The number of carbonyl (C=O) groups is 2. The lowest BCUT2D eigenvalue weighted by Crippen LogP contribution is -2.39. The van der Waals surface area contributed by atoms with Gasteiger partial charge in [0.05, 0.1) is 12.2 Å². The number of halogens is 2. The molecule has 2 heterocycles. The van der Waals surface area contributed by atoms with Crippen LogP contribution in [-0.4, -0.2) is 50.5 Å². The maximum absolute atomic E-state index is 14.7. The largest absolute Gasteiger partial charge is 0.469 e. The quantitative estimate of drug-likeness (QED) is 0.268. The number of aromatic amines is 1. The van der Waals surface area contributed by atoms with E-state index < -0.39 is 66.8 Å². The lowest BCUT2D eigenvalue weighted by molar-refractivity contribution is -0.121. The minimum absolute atomic E-state index is 0.0413. The van der Waals surface area contributed by atoms with Crippen molar-refractivity contribution in [2.24, 2.45) is 5.41 Å². The van der Waals surface area contributed by atoms with Gasteiger partial charge in [0.15, 0.2) is 18.4 Å². The van der Waals surface area contributed by atoms with Crippen molar-refractivity contribution in [3.05, 3.63) is 47.2 Å². The zero-order valence-corrected chi connectivity index (χ0v) is 22.2. The van der Waals surface area contributed by atoms with Crippen LogP contribution in [-0.2, 0) is 25.2 Å². The highest BCUT2D eigenvalue weighted by Gasteiger charge is 2.28.